The summed E-state index contributed by atoms with van der Waals surface area (Å²) in [6.07, 6.45) is -1.86. The van der Waals surface area contributed by atoms with Gasteiger partial charge in [0.1, 0.15) is 12.0 Å². The van der Waals surface area contributed by atoms with Crippen molar-refractivity contribution in [3.63, 3.8) is 0 Å². The number of likely N-dealkylation sites (tertiary alicyclic amines) is 1. The minimum absolute atomic E-state index is 0.396. The third-order valence-electron chi connectivity index (χ3n) is 2.57. The number of piperidine rings is 1. The molecule has 8 nitrogen and oxygen atoms in total. The summed E-state index contributed by atoms with van der Waals surface area (Å²) in [5.74, 6) is -4.34. The Kier molecular flexibility index (Phi) is 3.66. The molecule has 0 spiro atoms. The molecule has 1 amide bonds. The number of methoxy groups -OCH3 is 1. The van der Waals surface area contributed by atoms with Gasteiger partial charge in [-0.3, -0.25) is 14.5 Å². The number of aliphatic carboxylic acids is 1. The molecule has 1 fully saturated rings. The first kappa shape index (κ1) is 12.9. The molecule has 0 radical (unpaired) electrons. The minimum Gasteiger partial charge on any atom is -0.481 e. The molecule has 1 rings (SSSR count). The zero-order valence-electron chi connectivity index (χ0n) is 8.95. The van der Waals surface area contributed by atoms with Gasteiger partial charge in [0.05, 0.1) is 13.7 Å². The summed E-state index contributed by atoms with van der Waals surface area (Å²) in [7, 11) is 1.06. The first-order chi connectivity index (χ1) is 7.88. The lowest BCUT2D eigenvalue weighted by Gasteiger charge is -2.33. The van der Waals surface area contributed by atoms with E-state index < -0.39 is 48.7 Å². The lowest BCUT2D eigenvalue weighted by molar-refractivity contribution is -0.155. The summed E-state index contributed by atoms with van der Waals surface area (Å²) in [4.78, 5) is 44.9. The number of carboxylic acids is 1. The fraction of sp³-hybridized carbons (Fsp3) is 0.556. The number of amides is 1. The molecule has 2 unspecified atom stereocenters. The van der Waals surface area contributed by atoms with E-state index in [9.17, 15) is 19.2 Å². The number of carbonyl (C=O) groups is 4. The number of hydrogen-bond acceptors (Lipinski definition) is 5. The van der Waals surface area contributed by atoms with Crippen molar-refractivity contribution >= 4 is 23.8 Å². The van der Waals surface area contributed by atoms with Gasteiger partial charge in [0.15, 0.2) is 5.78 Å². The Labute approximate surface area is 95.8 Å². The average molecular weight is 245 g/mol. The van der Waals surface area contributed by atoms with Gasteiger partial charge in [-0.2, -0.15) is 0 Å². The van der Waals surface area contributed by atoms with Gasteiger partial charge in [0.25, 0.3) is 0 Å². The van der Waals surface area contributed by atoms with Crippen molar-refractivity contribution in [2.24, 2.45) is 5.92 Å². The van der Waals surface area contributed by atoms with Crippen LogP contribution in [0.25, 0.3) is 0 Å². The van der Waals surface area contributed by atoms with Gasteiger partial charge >= 0.3 is 18.0 Å². The van der Waals surface area contributed by atoms with Crippen LogP contribution in [-0.4, -0.2) is 58.6 Å². The summed E-state index contributed by atoms with van der Waals surface area (Å²) < 4.78 is 4.39. The molecule has 1 aliphatic rings. The highest BCUT2D eigenvalue weighted by molar-refractivity contribution is 6.02. The maximum absolute atomic E-state index is 11.4. The standard InChI is InChI=1S/C9H11NO7/c1-17-8(14)5-2-4(7(12)13)6(11)3-10(5)9(15)16/h4-5H,2-3H2,1H3,(H,12,13)(H,15,16). The lowest BCUT2D eigenvalue weighted by atomic mass is 9.90. The van der Waals surface area contributed by atoms with Crippen LogP contribution in [0.1, 0.15) is 6.42 Å². The van der Waals surface area contributed by atoms with Crippen LogP contribution < -0.4 is 0 Å². The van der Waals surface area contributed by atoms with Crippen LogP contribution in [0.2, 0.25) is 0 Å². The van der Waals surface area contributed by atoms with E-state index in [1.807, 2.05) is 0 Å². The molecule has 0 bridgehead atoms. The number of carboxylic acid groups (broad SMARTS) is 2. The van der Waals surface area contributed by atoms with E-state index in [1.165, 1.54) is 0 Å². The van der Waals surface area contributed by atoms with Crippen molar-refractivity contribution in [2.45, 2.75) is 12.5 Å². The summed E-state index contributed by atoms with van der Waals surface area (Å²) in [5.41, 5.74) is 0. The molecule has 1 heterocycles. The van der Waals surface area contributed by atoms with Gasteiger partial charge in [0.2, 0.25) is 0 Å². The molecule has 2 N–H and O–H groups in total. The molecule has 17 heavy (non-hydrogen) atoms. The molecular weight excluding hydrogens is 234 g/mol. The predicted octanol–water partition coefficient (Wildman–Crippen LogP) is -0.818. The van der Waals surface area contributed by atoms with Gasteiger partial charge in [-0.1, -0.05) is 0 Å². The van der Waals surface area contributed by atoms with Crippen molar-refractivity contribution in [2.75, 3.05) is 13.7 Å². The average Bonchev–Trinajstić information content (AvgIpc) is 2.26. The molecule has 0 aromatic heterocycles. The van der Waals surface area contributed by atoms with Crippen molar-refractivity contribution in [3.8, 4) is 0 Å². The zero-order chi connectivity index (χ0) is 13.2. The largest absolute Gasteiger partial charge is 0.481 e. The van der Waals surface area contributed by atoms with Gasteiger partial charge in [0, 0.05) is 0 Å². The SMILES string of the molecule is COC(=O)C1CC(C(=O)O)C(=O)CN1C(=O)O. The maximum Gasteiger partial charge on any atom is 0.408 e. The maximum atomic E-state index is 11.4. The summed E-state index contributed by atoms with van der Waals surface area (Å²) >= 11 is 0. The molecule has 2 atom stereocenters. The smallest absolute Gasteiger partial charge is 0.408 e. The van der Waals surface area contributed by atoms with Crippen molar-refractivity contribution in [1.29, 1.82) is 0 Å². The second-order valence-electron chi connectivity index (χ2n) is 3.54. The number of ether oxygens (including phenoxy) is 1. The quantitative estimate of drug-likeness (QED) is 0.481. The highest BCUT2D eigenvalue weighted by Gasteiger charge is 2.44. The first-order valence-electron chi connectivity index (χ1n) is 4.71. The van der Waals surface area contributed by atoms with Gasteiger partial charge in [-0.25, -0.2) is 9.59 Å². The van der Waals surface area contributed by atoms with Crippen LogP contribution in [-0.2, 0) is 19.1 Å². The molecule has 0 aliphatic carbocycles. The van der Waals surface area contributed by atoms with E-state index in [0.29, 0.717) is 4.90 Å². The van der Waals surface area contributed by atoms with E-state index in [4.69, 9.17) is 10.2 Å². The van der Waals surface area contributed by atoms with E-state index in [-0.39, 0.29) is 0 Å². The Morgan fingerprint density at radius 2 is 1.94 bits per heavy atom. The minimum atomic E-state index is -1.46. The molecule has 0 aromatic rings. The molecule has 1 saturated heterocycles. The van der Waals surface area contributed by atoms with Crippen LogP contribution in [0.15, 0.2) is 0 Å². The van der Waals surface area contributed by atoms with Crippen molar-refractivity contribution in [1.82, 2.24) is 4.90 Å². The highest BCUT2D eigenvalue weighted by atomic mass is 16.5. The fourth-order valence-corrected chi connectivity index (χ4v) is 1.67. The first-order valence-corrected chi connectivity index (χ1v) is 4.71. The third-order valence-corrected chi connectivity index (χ3v) is 2.57. The Hall–Kier alpha value is -2.12. The highest BCUT2D eigenvalue weighted by Crippen LogP contribution is 2.21. The number of nitrogens with zero attached hydrogens (tertiary/aromatic N) is 1. The lowest BCUT2D eigenvalue weighted by Crippen LogP contribution is -2.55. The third kappa shape index (κ3) is 2.52. The molecular formula is C9H11NO7. The number of esters is 1. The number of rotatable bonds is 2. The molecule has 8 heteroatoms. The molecule has 94 valence electrons. The predicted molar refractivity (Wildman–Crippen MR) is 51.3 cm³/mol. The van der Waals surface area contributed by atoms with E-state index >= 15 is 0 Å². The molecule has 0 aromatic carbocycles. The second-order valence-corrected chi connectivity index (χ2v) is 3.54. The topological polar surface area (TPSA) is 121 Å². The number of ketones is 1. The van der Waals surface area contributed by atoms with Crippen LogP contribution in [0.4, 0.5) is 4.79 Å². The van der Waals surface area contributed by atoms with Crippen LogP contribution in [0, 0.1) is 5.92 Å². The number of Topliss-reactive ketones (excluding diaryl/α,β-unsaturated/α-hetero) is 1. The Bertz CT molecular complexity index is 378. The van der Waals surface area contributed by atoms with Crippen molar-refractivity contribution < 1.29 is 34.1 Å². The number of carbonyl (C=O) groups excluding carboxylic acids is 2. The Balaban J connectivity index is 2.96. The Morgan fingerprint density at radius 3 is 2.35 bits per heavy atom. The van der Waals surface area contributed by atoms with Gasteiger partial charge in [-0.15, -0.1) is 0 Å². The second kappa shape index (κ2) is 4.81. The van der Waals surface area contributed by atoms with Gasteiger partial charge in [-0.05, 0) is 6.42 Å². The Morgan fingerprint density at radius 1 is 1.35 bits per heavy atom. The monoisotopic (exact) mass is 245 g/mol. The fourth-order valence-electron chi connectivity index (χ4n) is 1.67. The van der Waals surface area contributed by atoms with Gasteiger partial charge < -0.3 is 14.9 Å². The number of hydrogen-bond donors (Lipinski definition) is 2. The summed E-state index contributed by atoms with van der Waals surface area (Å²) in [6.45, 7) is -0.619. The van der Waals surface area contributed by atoms with Crippen LogP contribution in [0.5, 0.6) is 0 Å². The normalized spacial score (nSPS) is 24.3. The van der Waals surface area contributed by atoms with Crippen LogP contribution >= 0.6 is 0 Å². The molecule has 1 aliphatic heterocycles. The van der Waals surface area contributed by atoms with E-state index in [1.54, 1.807) is 0 Å². The molecule has 0 saturated carbocycles. The van der Waals surface area contributed by atoms with Crippen molar-refractivity contribution in [3.05, 3.63) is 0 Å². The summed E-state index contributed by atoms with van der Waals surface area (Å²) in [6, 6.07) is -1.25. The zero-order valence-corrected chi connectivity index (χ0v) is 8.95. The summed E-state index contributed by atoms with van der Waals surface area (Å²) in [5, 5.41) is 17.6. The van der Waals surface area contributed by atoms with Crippen LogP contribution in [0.3, 0.4) is 0 Å². The van der Waals surface area contributed by atoms with E-state index in [0.717, 1.165) is 7.11 Å². The van der Waals surface area contributed by atoms with E-state index in [2.05, 4.69) is 4.74 Å².